The summed E-state index contributed by atoms with van der Waals surface area (Å²) in [6.45, 7) is 4.29. The second-order valence-corrected chi connectivity index (χ2v) is 7.68. The summed E-state index contributed by atoms with van der Waals surface area (Å²) in [5, 5.41) is 19.5. The molecule has 0 aliphatic rings. The summed E-state index contributed by atoms with van der Waals surface area (Å²) in [7, 11) is 3.56. The molecule has 0 aliphatic carbocycles. The van der Waals surface area contributed by atoms with Crippen molar-refractivity contribution in [2.75, 3.05) is 19.5 Å². The number of aryl methyl sites for hydroxylation is 2. The van der Waals surface area contributed by atoms with Gasteiger partial charge in [-0.25, -0.2) is 0 Å². The van der Waals surface area contributed by atoms with Gasteiger partial charge in [0.15, 0.2) is 11.0 Å². The monoisotopic (exact) mass is 399 g/mol. The standard InChI is InChI=1S/C21H25N3O3S/c1-14-9-15(2)11-19(10-14)27-12-17(25)13-28-21-23-22-20(24(21)3)16-5-7-18(26-4)8-6-16/h5-11,17,25H,12-13H2,1-4H3. The van der Waals surface area contributed by atoms with Crippen LogP contribution in [0, 0.1) is 13.8 Å². The van der Waals surface area contributed by atoms with Gasteiger partial charge >= 0.3 is 0 Å². The minimum atomic E-state index is -0.605. The molecule has 0 saturated heterocycles. The third-order valence-electron chi connectivity index (χ3n) is 4.23. The van der Waals surface area contributed by atoms with Gasteiger partial charge in [0.05, 0.1) is 13.2 Å². The molecule has 0 bridgehead atoms. The molecule has 6 nitrogen and oxygen atoms in total. The van der Waals surface area contributed by atoms with Crippen molar-refractivity contribution in [2.45, 2.75) is 25.1 Å². The SMILES string of the molecule is COc1ccc(-c2nnc(SCC(O)COc3cc(C)cc(C)c3)n2C)cc1. The van der Waals surface area contributed by atoms with E-state index in [0.29, 0.717) is 5.75 Å². The molecule has 1 N–H and O–H groups in total. The number of aromatic nitrogens is 3. The highest BCUT2D eigenvalue weighted by atomic mass is 32.2. The van der Waals surface area contributed by atoms with Gasteiger partial charge in [0.2, 0.25) is 0 Å². The predicted molar refractivity (Wildman–Crippen MR) is 111 cm³/mol. The summed E-state index contributed by atoms with van der Waals surface area (Å²) in [6.07, 6.45) is -0.605. The minimum absolute atomic E-state index is 0.235. The molecule has 3 rings (SSSR count). The zero-order valence-electron chi connectivity index (χ0n) is 16.5. The lowest BCUT2D eigenvalue weighted by Gasteiger charge is -2.13. The highest BCUT2D eigenvalue weighted by molar-refractivity contribution is 7.99. The molecule has 0 radical (unpaired) electrons. The molecule has 0 saturated carbocycles. The van der Waals surface area contributed by atoms with Crippen molar-refractivity contribution < 1.29 is 14.6 Å². The van der Waals surface area contributed by atoms with Gasteiger partial charge in [-0.15, -0.1) is 10.2 Å². The molecule has 3 aromatic rings. The first-order valence-electron chi connectivity index (χ1n) is 9.02. The fourth-order valence-corrected chi connectivity index (χ4v) is 3.68. The number of rotatable bonds is 8. The van der Waals surface area contributed by atoms with Gasteiger partial charge in [0, 0.05) is 18.4 Å². The molecule has 148 valence electrons. The lowest BCUT2D eigenvalue weighted by atomic mass is 10.1. The van der Waals surface area contributed by atoms with Gasteiger partial charge in [-0.05, 0) is 61.4 Å². The molecular weight excluding hydrogens is 374 g/mol. The van der Waals surface area contributed by atoms with E-state index in [1.807, 2.05) is 61.9 Å². The Hall–Kier alpha value is -2.51. The van der Waals surface area contributed by atoms with Gasteiger partial charge in [0.1, 0.15) is 18.1 Å². The quantitative estimate of drug-likeness (QED) is 0.583. The molecule has 2 aromatic carbocycles. The van der Waals surface area contributed by atoms with Gasteiger partial charge < -0.3 is 19.1 Å². The van der Waals surface area contributed by atoms with Crippen LogP contribution < -0.4 is 9.47 Å². The number of ether oxygens (including phenoxy) is 2. The van der Waals surface area contributed by atoms with E-state index in [9.17, 15) is 5.11 Å². The van der Waals surface area contributed by atoms with E-state index in [4.69, 9.17) is 9.47 Å². The number of aliphatic hydroxyl groups is 1. The summed E-state index contributed by atoms with van der Waals surface area (Å²) >= 11 is 1.45. The average Bonchev–Trinajstić information content (AvgIpc) is 3.04. The van der Waals surface area contributed by atoms with Gasteiger partial charge in [-0.1, -0.05) is 17.8 Å². The third kappa shape index (κ3) is 5.05. The van der Waals surface area contributed by atoms with Crippen LogP contribution in [0.3, 0.4) is 0 Å². The Morgan fingerprint density at radius 2 is 1.71 bits per heavy atom. The lowest BCUT2D eigenvalue weighted by Crippen LogP contribution is -2.20. The van der Waals surface area contributed by atoms with Crippen molar-refractivity contribution >= 4 is 11.8 Å². The fraction of sp³-hybridized carbons (Fsp3) is 0.333. The Labute approximate surface area is 169 Å². The van der Waals surface area contributed by atoms with Crippen LogP contribution in [-0.4, -0.2) is 45.4 Å². The van der Waals surface area contributed by atoms with E-state index in [0.717, 1.165) is 39.2 Å². The minimum Gasteiger partial charge on any atom is -0.497 e. The van der Waals surface area contributed by atoms with Gasteiger partial charge in [-0.2, -0.15) is 0 Å². The third-order valence-corrected chi connectivity index (χ3v) is 5.39. The molecule has 1 atom stereocenters. The summed E-state index contributed by atoms with van der Waals surface area (Å²) in [4.78, 5) is 0. The largest absolute Gasteiger partial charge is 0.497 e. The van der Waals surface area contributed by atoms with Crippen molar-refractivity contribution in [1.82, 2.24) is 14.8 Å². The van der Waals surface area contributed by atoms with Crippen molar-refractivity contribution in [3.05, 3.63) is 53.6 Å². The number of hydrogen-bond donors (Lipinski definition) is 1. The summed E-state index contributed by atoms with van der Waals surface area (Å²) in [6, 6.07) is 13.7. The van der Waals surface area contributed by atoms with E-state index in [2.05, 4.69) is 16.3 Å². The average molecular weight is 400 g/mol. The van der Waals surface area contributed by atoms with Crippen molar-refractivity contribution in [3.8, 4) is 22.9 Å². The number of thioether (sulfide) groups is 1. The molecule has 1 aromatic heterocycles. The first-order chi connectivity index (χ1) is 13.5. The first-order valence-corrected chi connectivity index (χ1v) is 10.0. The molecule has 1 unspecified atom stereocenters. The lowest BCUT2D eigenvalue weighted by molar-refractivity contribution is 0.126. The van der Waals surface area contributed by atoms with E-state index >= 15 is 0 Å². The van der Waals surface area contributed by atoms with Crippen LogP contribution in [0.5, 0.6) is 11.5 Å². The molecule has 0 amide bonds. The van der Waals surface area contributed by atoms with E-state index in [1.54, 1.807) is 7.11 Å². The molecule has 1 heterocycles. The van der Waals surface area contributed by atoms with Gasteiger partial charge in [-0.3, -0.25) is 0 Å². The molecule has 28 heavy (non-hydrogen) atoms. The number of nitrogens with zero attached hydrogens (tertiary/aromatic N) is 3. The normalized spacial score (nSPS) is 12.0. The summed E-state index contributed by atoms with van der Waals surface area (Å²) in [5.41, 5.74) is 3.24. The fourth-order valence-electron chi connectivity index (χ4n) is 2.86. The van der Waals surface area contributed by atoms with Crippen LogP contribution >= 0.6 is 11.8 Å². The second-order valence-electron chi connectivity index (χ2n) is 6.69. The number of benzene rings is 2. The maximum atomic E-state index is 10.3. The van der Waals surface area contributed by atoms with E-state index < -0.39 is 6.10 Å². The number of hydrogen-bond acceptors (Lipinski definition) is 6. The van der Waals surface area contributed by atoms with Crippen LogP contribution in [0.2, 0.25) is 0 Å². The predicted octanol–water partition coefficient (Wildman–Crippen LogP) is 3.64. The Balaban J connectivity index is 1.56. The summed E-state index contributed by atoms with van der Waals surface area (Å²) in [5.74, 6) is 2.82. The van der Waals surface area contributed by atoms with E-state index in [1.165, 1.54) is 11.8 Å². The highest BCUT2D eigenvalue weighted by Gasteiger charge is 2.14. The van der Waals surface area contributed by atoms with Crippen molar-refractivity contribution in [1.29, 1.82) is 0 Å². The highest BCUT2D eigenvalue weighted by Crippen LogP contribution is 2.25. The molecule has 0 spiro atoms. The second kappa shape index (κ2) is 9.12. The van der Waals surface area contributed by atoms with Crippen LogP contribution in [0.25, 0.3) is 11.4 Å². The van der Waals surface area contributed by atoms with Gasteiger partial charge in [0.25, 0.3) is 0 Å². The van der Waals surface area contributed by atoms with Crippen LogP contribution in [0.1, 0.15) is 11.1 Å². The molecule has 0 aliphatic heterocycles. The Bertz CT molecular complexity index is 905. The molecule has 0 fully saturated rings. The summed E-state index contributed by atoms with van der Waals surface area (Å²) < 4.78 is 12.8. The van der Waals surface area contributed by atoms with Crippen molar-refractivity contribution in [2.24, 2.45) is 7.05 Å². The maximum Gasteiger partial charge on any atom is 0.191 e. The Kier molecular flexibility index (Phi) is 6.59. The van der Waals surface area contributed by atoms with Crippen LogP contribution in [0.4, 0.5) is 0 Å². The maximum absolute atomic E-state index is 10.3. The Morgan fingerprint density at radius 3 is 2.36 bits per heavy atom. The molecule has 7 heteroatoms. The van der Waals surface area contributed by atoms with Crippen LogP contribution in [-0.2, 0) is 7.05 Å². The first kappa shape index (κ1) is 20.2. The Morgan fingerprint density at radius 1 is 1.04 bits per heavy atom. The molecular formula is C21H25N3O3S. The van der Waals surface area contributed by atoms with E-state index in [-0.39, 0.29) is 6.61 Å². The van der Waals surface area contributed by atoms with Crippen LogP contribution in [0.15, 0.2) is 47.6 Å². The topological polar surface area (TPSA) is 69.4 Å². The number of methoxy groups -OCH3 is 1. The smallest absolute Gasteiger partial charge is 0.191 e. The zero-order chi connectivity index (χ0) is 20.1. The van der Waals surface area contributed by atoms with Crippen molar-refractivity contribution in [3.63, 3.8) is 0 Å². The number of aliphatic hydroxyl groups excluding tert-OH is 1. The zero-order valence-corrected chi connectivity index (χ0v) is 17.4.